The Hall–Kier alpha value is -2.11. The summed E-state index contributed by atoms with van der Waals surface area (Å²) in [5, 5.41) is 11.3. The number of pyridine rings is 1. The summed E-state index contributed by atoms with van der Waals surface area (Å²) in [5.41, 5.74) is 0.433. The van der Waals surface area contributed by atoms with E-state index in [4.69, 9.17) is 5.11 Å². The van der Waals surface area contributed by atoms with Crippen molar-refractivity contribution < 1.29 is 14.7 Å². The number of aliphatic carboxylic acids is 1. The minimum absolute atomic E-state index is 0.395. The summed E-state index contributed by atoms with van der Waals surface area (Å²) in [6.07, 6.45) is 5.02. The fraction of sp³-hybridized carbons (Fsp3) is 0.500. The average Bonchev–Trinajstić information content (AvgIpc) is 2.48. The largest absolute Gasteiger partial charge is 0.480 e. The molecule has 1 aliphatic heterocycles. The van der Waals surface area contributed by atoms with E-state index in [1.54, 1.807) is 18.3 Å². The minimum atomic E-state index is -1.05. The lowest BCUT2D eigenvalue weighted by Gasteiger charge is -2.29. The lowest BCUT2D eigenvalue weighted by molar-refractivity contribution is -0.138. The van der Waals surface area contributed by atoms with Crippen molar-refractivity contribution in [2.24, 2.45) is 0 Å². The van der Waals surface area contributed by atoms with E-state index in [-0.39, 0.29) is 0 Å². The van der Waals surface area contributed by atoms with E-state index in [2.05, 4.69) is 15.2 Å². The predicted octanol–water partition coefficient (Wildman–Crippen LogP) is 1.27. The van der Waals surface area contributed by atoms with Crippen LogP contribution in [0, 0.1) is 0 Å². The highest BCUT2D eigenvalue weighted by molar-refractivity contribution is 6.00. The van der Waals surface area contributed by atoms with Crippen molar-refractivity contribution in [1.29, 1.82) is 0 Å². The second kappa shape index (κ2) is 6.36. The first kappa shape index (κ1) is 14.3. The Labute approximate surface area is 117 Å². The Morgan fingerprint density at radius 3 is 2.70 bits per heavy atom. The summed E-state index contributed by atoms with van der Waals surface area (Å²) in [5.74, 6) is -0.808. The van der Waals surface area contributed by atoms with Gasteiger partial charge < -0.3 is 15.3 Å². The molecule has 1 aliphatic rings. The molecule has 20 heavy (non-hydrogen) atoms. The fourth-order valence-corrected chi connectivity index (χ4v) is 2.27. The first-order valence-electron chi connectivity index (χ1n) is 6.83. The Kier molecular flexibility index (Phi) is 4.55. The quantitative estimate of drug-likeness (QED) is 0.866. The maximum atomic E-state index is 12.2. The number of hydrogen-bond acceptors (Lipinski definition) is 4. The van der Waals surface area contributed by atoms with Gasteiger partial charge in [0.2, 0.25) is 0 Å². The van der Waals surface area contributed by atoms with Gasteiger partial charge in [-0.05, 0) is 38.3 Å². The van der Waals surface area contributed by atoms with Crippen molar-refractivity contribution in [1.82, 2.24) is 10.3 Å². The molecular formula is C14H19N3O3. The minimum Gasteiger partial charge on any atom is -0.480 e. The highest BCUT2D eigenvalue weighted by atomic mass is 16.4. The number of carboxylic acid groups (broad SMARTS) is 1. The van der Waals surface area contributed by atoms with Crippen molar-refractivity contribution >= 4 is 17.7 Å². The molecule has 0 saturated carbocycles. The second-order valence-corrected chi connectivity index (χ2v) is 4.96. The smallest absolute Gasteiger partial charge is 0.325 e. The van der Waals surface area contributed by atoms with Crippen LogP contribution in [0.25, 0.3) is 0 Å². The van der Waals surface area contributed by atoms with Crippen LogP contribution in [-0.4, -0.2) is 41.1 Å². The number of anilines is 1. The highest BCUT2D eigenvalue weighted by Crippen LogP contribution is 2.21. The standard InChI is InChI=1S/C14H19N3O3/c1-10(14(19)20)16-13(18)11-6-5-7-15-12(11)17-8-3-2-4-9-17/h5-7,10H,2-4,8-9H2,1H3,(H,16,18)(H,19,20). The van der Waals surface area contributed by atoms with Crippen LogP contribution in [0.15, 0.2) is 18.3 Å². The predicted molar refractivity (Wildman–Crippen MR) is 74.9 cm³/mol. The second-order valence-electron chi connectivity index (χ2n) is 4.96. The van der Waals surface area contributed by atoms with Gasteiger partial charge in [-0.3, -0.25) is 9.59 Å². The van der Waals surface area contributed by atoms with E-state index in [1.807, 2.05) is 0 Å². The zero-order chi connectivity index (χ0) is 14.5. The zero-order valence-electron chi connectivity index (χ0n) is 11.5. The first-order chi connectivity index (χ1) is 9.59. The van der Waals surface area contributed by atoms with Gasteiger partial charge in [0.15, 0.2) is 0 Å². The van der Waals surface area contributed by atoms with Crippen molar-refractivity contribution in [3.63, 3.8) is 0 Å². The molecule has 108 valence electrons. The van der Waals surface area contributed by atoms with Crippen LogP contribution >= 0.6 is 0 Å². The number of rotatable bonds is 4. The molecule has 1 saturated heterocycles. The molecule has 1 amide bonds. The third kappa shape index (κ3) is 3.26. The number of carbonyl (C=O) groups is 2. The van der Waals surface area contributed by atoms with Gasteiger partial charge >= 0.3 is 5.97 Å². The van der Waals surface area contributed by atoms with Crippen LogP contribution in [0.5, 0.6) is 0 Å². The van der Waals surface area contributed by atoms with Gasteiger partial charge in [0.05, 0.1) is 5.56 Å². The lowest BCUT2D eigenvalue weighted by atomic mass is 10.1. The normalized spacial score (nSPS) is 16.6. The first-order valence-corrected chi connectivity index (χ1v) is 6.83. The van der Waals surface area contributed by atoms with Crippen LogP contribution in [-0.2, 0) is 4.79 Å². The summed E-state index contributed by atoms with van der Waals surface area (Å²) in [6.45, 7) is 3.20. The van der Waals surface area contributed by atoms with E-state index in [0.29, 0.717) is 11.4 Å². The summed E-state index contributed by atoms with van der Waals surface area (Å²) in [7, 11) is 0. The Bertz CT molecular complexity index is 498. The number of amides is 1. The van der Waals surface area contributed by atoms with Gasteiger partial charge in [0.1, 0.15) is 11.9 Å². The van der Waals surface area contributed by atoms with E-state index in [1.165, 1.54) is 13.3 Å². The van der Waals surface area contributed by atoms with Crippen LogP contribution in [0.4, 0.5) is 5.82 Å². The SMILES string of the molecule is CC(NC(=O)c1cccnc1N1CCCCC1)C(=O)O. The van der Waals surface area contributed by atoms with Crippen LogP contribution < -0.4 is 10.2 Å². The Balaban J connectivity index is 2.18. The molecule has 2 heterocycles. The molecule has 0 aromatic carbocycles. The third-order valence-corrected chi connectivity index (χ3v) is 3.40. The Morgan fingerprint density at radius 1 is 1.35 bits per heavy atom. The molecule has 0 radical (unpaired) electrons. The molecule has 0 aliphatic carbocycles. The number of piperidine rings is 1. The monoisotopic (exact) mass is 277 g/mol. The van der Waals surface area contributed by atoms with Gasteiger partial charge in [-0.1, -0.05) is 0 Å². The molecule has 1 unspecified atom stereocenters. The summed E-state index contributed by atoms with van der Waals surface area (Å²) in [6, 6.07) is 2.45. The van der Waals surface area contributed by atoms with E-state index >= 15 is 0 Å². The summed E-state index contributed by atoms with van der Waals surface area (Å²) in [4.78, 5) is 29.4. The van der Waals surface area contributed by atoms with Crippen molar-refractivity contribution in [2.45, 2.75) is 32.2 Å². The number of carboxylic acids is 1. The molecular weight excluding hydrogens is 258 g/mol. The molecule has 6 nitrogen and oxygen atoms in total. The molecule has 1 fully saturated rings. The van der Waals surface area contributed by atoms with Gasteiger partial charge in [-0.2, -0.15) is 0 Å². The third-order valence-electron chi connectivity index (χ3n) is 3.40. The molecule has 2 rings (SSSR count). The maximum Gasteiger partial charge on any atom is 0.325 e. The van der Waals surface area contributed by atoms with Gasteiger partial charge in [-0.25, -0.2) is 4.98 Å². The van der Waals surface area contributed by atoms with Crippen LogP contribution in [0.1, 0.15) is 36.5 Å². The maximum absolute atomic E-state index is 12.2. The van der Waals surface area contributed by atoms with Crippen LogP contribution in [0.3, 0.4) is 0 Å². The highest BCUT2D eigenvalue weighted by Gasteiger charge is 2.22. The number of carbonyl (C=O) groups excluding carboxylic acids is 1. The fourth-order valence-electron chi connectivity index (χ4n) is 2.27. The van der Waals surface area contributed by atoms with Gasteiger partial charge in [-0.15, -0.1) is 0 Å². The molecule has 6 heteroatoms. The van der Waals surface area contributed by atoms with E-state index in [9.17, 15) is 9.59 Å². The van der Waals surface area contributed by atoms with Gasteiger partial charge in [0.25, 0.3) is 5.91 Å². The van der Waals surface area contributed by atoms with Crippen molar-refractivity contribution in [3.8, 4) is 0 Å². The Morgan fingerprint density at radius 2 is 2.05 bits per heavy atom. The summed E-state index contributed by atoms with van der Waals surface area (Å²) < 4.78 is 0. The summed E-state index contributed by atoms with van der Waals surface area (Å²) >= 11 is 0. The topological polar surface area (TPSA) is 82.5 Å². The average molecular weight is 277 g/mol. The van der Waals surface area contributed by atoms with E-state index < -0.39 is 17.9 Å². The zero-order valence-corrected chi connectivity index (χ0v) is 11.5. The molecule has 1 aromatic heterocycles. The van der Waals surface area contributed by atoms with E-state index in [0.717, 1.165) is 25.9 Å². The van der Waals surface area contributed by atoms with Crippen LogP contribution in [0.2, 0.25) is 0 Å². The molecule has 0 spiro atoms. The van der Waals surface area contributed by atoms with Crippen molar-refractivity contribution in [3.05, 3.63) is 23.9 Å². The lowest BCUT2D eigenvalue weighted by Crippen LogP contribution is -2.40. The number of nitrogens with one attached hydrogen (secondary N) is 1. The number of aromatic nitrogens is 1. The van der Waals surface area contributed by atoms with Gasteiger partial charge in [0, 0.05) is 19.3 Å². The molecule has 1 atom stereocenters. The number of hydrogen-bond donors (Lipinski definition) is 2. The molecule has 0 bridgehead atoms. The molecule has 2 N–H and O–H groups in total. The number of nitrogens with zero attached hydrogens (tertiary/aromatic N) is 2. The molecule has 1 aromatic rings. The van der Waals surface area contributed by atoms with Crippen molar-refractivity contribution in [2.75, 3.05) is 18.0 Å².